The molecule has 0 aromatic heterocycles. The molecule has 0 saturated carbocycles. The van der Waals surface area contributed by atoms with Crippen molar-refractivity contribution in [2.24, 2.45) is 5.73 Å². The van der Waals surface area contributed by atoms with Crippen LogP contribution in [0, 0.1) is 0 Å². The van der Waals surface area contributed by atoms with E-state index in [0.29, 0.717) is 5.56 Å². The number of carbonyl (C=O) groups is 2. The second kappa shape index (κ2) is 7.12. The lowest BCUT2D eigenvalue weighted by molar-refractivity contribution is -0.120. The van der Waals surface area contributed by atoms with Crippen LogP contribution in [-0.4, -0.2) is 17.1 Å². The largest absolute Gasteiger partial charge is 0.508 e. The highest BCUT2D eigenvalue weighted by atomic mass is 16.5. The fourth-order valence-electron chi connectivity index (χ4n) is 1.91. The Morgan fingerprint density at radius 2 is 1.86 bits per heavy atom. The molecule has 0 aliphatic rings. The predicted molar refractivity (Wildman–Crippen MR) is 79.8 cm³/mol. The van der Waals surface area contributed by atoms with Crippen LogP contribution in [-0.2, 0) is 16.1 Å². The third-order valence-electron chi connectivity index (χ3n) is 2.96. The average Bonchev–Trinajstić information content (AvgIpc) is 2.51. The molecular weight excluding hydrogens is 284 g/mol. The maximum Gasteiger partial charge on any atom is 0.408 e. The quantitative estimate of drug-likeness (QED) is 0.784. The zero-order valence-electron chi connectivity index (χ0n) is 11.7. The van der Waals surface area contributed by atoms with Gasteiger partial charge in [-0.15, -0.1) is 0 Å². The number of nitrogens with one attached hydrogen (secondary N) is 1. The molecule has 6 nitrogen and oxygen atoms in total. The van der Waals surface area contributed by atoms with Gasteiger partial charge in [0.2, 0.25) is 5.91 Å². The molecule has 0 spiro atoms. The normalized spacial score (nSPS) is 11.5. The molecule has 2 aromatic carbocycles. The second-order valence-electron chi connectivity index (χ2n) is 4.64. The smallest absolute Gasteiger partial charge is 0.408 e. The molecule has 2 aromatic rings. The summed E-state index contributed by atoms with van der Waals surface area (Å²) in [5.41, 5.74) is 6.49. The van der Waals surface area contributed by atoms with Crippen LogP contribution in [0.5, 0.6) is 5.75 Å². The van der Waals surface area contributed by atoms with Crippen molar-refractivity contribution in [1.29, 1.82) is 0 Å². The van der Waals surface area contributed by atoms with Gasteiger partial charge in [0.05, 0.1) is 0 Å². The van der Waals surface area contributed by atoms with Crippen LogP contribution in [0.15, 0.2) is 54.6 Å². The number of ether oxygens (including phenoxy) is 1. The number of aromatic hydroxyl groups is 1. The first-order valence-electron chi connectivity index (χ1n) is 6.61. The van der Waals surface area contributed by atoms with Gasteiger partial charge in [0, 0.05) is 0 Å². The summed E-state index contributed by atoms with van der Waals surface area (Å²) in [7, 11) is 0. The van der Waals surface area contributed by atoms with Crippen LogP contribution in [0.4, 0.5) is 4.79 Å². The Morgan fingerprint density at radius 1 is 1.14 bits per heavy atom. The van der Waals surface area contributed by atoms with Gasteiger partial charge in [-0.3, -0.25) is 4.79 Å². The standard InChI is InChI=1S/C16H16N2O4/c17-15(20)14(12-7-4-8-13(19)9-12)18-16(21)22-10-11-5-2-1-3-6-11/h1-9,14,19H,10H2,(H2,17,20)(H,18,21). The van der Waals surface area contributed by atoms with E-state index in [1.54, 1.807) is 12.1 Å². The lowest BCUT2D eigenvalue weighted by Gasteiger charge is -2.16. The van der Waals surface area contributed by atoms with Gasteiger partial charge in [-0.2, -0.15) is 0 Å². The monoisotopic (exact) mass is 300 g/mol. The summed E-state index contributed by atoms with van der Waals surface area (Å²) in [6.07, 6.45) is -0.768. The second-order valence-corrected chi connectivity index (χ2v) is 4.64. The Hall–Kier alpha value is -3.02. The van der Waals surface area contributed by atoms with Crippen molar-refractivity contribution in [2.45, 2.75) is 12.6 Å². The molecule has 1 atom stereocenters. The van der Waals surface area contributed by atoms with E-state index in [4.69, 9.17) is 10.5 Å². The molecule has 22 heavy (non-hydrogen) atoms. The molecule has 4 N–H and O–H groups in total. The number of nitrogens with two attached hydrogens (primary N) is 1. The molecule has 0 radical (unpaired) electrons. The number of alkyl carbamates (subject to hydrolysis) is 1. The van der Waals surface area contributed by atoms with Crippen molar-refractivity contribution in [3.05, 3.63) is 65.7 Å². The van der Waals surface area contributed by atoms with E-state index in [1.807, 2.05) is 30.3 Å². The number of hydrogen-bond acceptors (Lipinski definition) is 4. The number of primary amides is 1. The maximum atomic E-state index is 11.8. The topological polar surface area (TPSA) is 102 Å². The van der Waals surface area contributed by atoms with Crippen molar-refractivity contribution in [3.63, 3.8) is 0 Å². The molecule has 114 valence electrons. The van der Waals surface area contributed by atoms with E-state index < -0.39 is 18.0 Å². The lowest BCUT2D eigenvalue weighted by Crippen LogP contribution is -2.37. The summed E-state index contributed by atoms with van der Waals surface area (Å²) in [6, 6.07) is 14.0. The summed E-state index contributed by atoms with van der Waals surface area (Å²) in [6.45, 7) is 0.0815. The molecule has 2 amide bonds. The highest BCUT2D eigenvalue weighted by Gasteiger charge is 2.21. The molecule has 0 heterocycles. The fourth-order valence-corrected chi connectivity index (χ4v) is 1.91. The van der Waals surface area contributed by atoms with Gasteiger partial charge in [0.25, 0.3) is 0 Å². The first-order valence-corrected chi connectivity index (χ1v) is 6.61. The predicted octanol–water partition coefficient (Wildman–Crippen LogP) is 1.84. The molecular formula is C16H16N2O4. The molecule has 0 fully saturated rings. The zero-order valence-corrected chi connectivity index (χ0v) is 11.7. The number of hydrogen-bond donors (Lipinski definition) is 3. The number of carbonyl (C=O) groups excluding carboxylic acids is 2. The summed E-state index contributed by atoms with van der Waals surface area (Å²) >= 11 is 0. The number of phenols is 1. The van der Waals surface area contributed by atoms with Gasteiger partial charge in [-0.25, -0.2) is 4.79 Å². The van der Waals surface area contributed by atoms with Gasteiger partial charge >= 0.3 is 6.09 Å². The van der Waals surface area contributed by atoms with Crippen LogP contribution in [0.2, 0.25) is 0 Å². The van der Waals surface area contributed by atoms with Crippen LogP contribution in [0.25, 0.3) is 0 Å². The fraction of sp³-hybridized carbons (Fsp3) is 0.125. The minimum Gasteiger partial charge on any atom is -0.508 e. The molecule has 6 heteroatoms. The molecule has 0 bridgehead atoms. The Kier molecular flexibility index (Phi) is 4.98. The van der Waals surface area contributed by atoms with E-state index in [-0.39, 0.29) is 12.4 Å². The summed E-state index contributed by atoms with van der Waals surface area (Å²) < 4.78 is 5.04. The van der Waals surface area contributed by atoms with E-state index in [1.165, 1.54) is 12.1 Å². The first kappa shape index (κ1) is 15.4. The maximum absolute atomic E-state index is 11.8. The Balaban J connectivity index is 1.99. The van der Waals surface area contributed by atoms with Crippen LogP contribution >= 0.6 is 0 Å². The van der Waals surface area contributed by atoms with Gasteiger partial charge in [0.15, 0.2) is 0 Å². The van der Waals surface area contributed by atoms with E-state index in [2.05, 4.69) is 5.32 Å². The van der Waals surface area contributed by atoms with Crippen LogP contribution in [0.3, 0.4) is 0 Å². The minimum atomic E-state index is -1.07. The molecule has 0 aliphatic carbocycles. The Bertz CT molecular complexity index is 658. The lowest BCUT2D eigenvalue weighted by atomic mass is 10.1. The van der Waals surface area contributed by atoms with Crippen molar-refractivity contribution >= 4 is 12.0 Å². The highest BCUT2D eigenvalue weighted by molar-refractivity contribution is 5.85. The van der Waals surface area contributed by atoms with Crippen LogP contribution in [0.1, 0.15) is 17.2 Å². The van der Waals surface area contributed by atoms with Crippen molar-refractivity contribution in [2.75, 3.05) is 0 Å². The van der Waals surface area contributed by atoms with E-state index in [9.17, 15) is 14.7 Å². The summed E-state index contributed by atoms with van der Waals surface area (Å²) in [5, 5.41) is 11.8. The van der Waals surface area contributed by atoms with Crippen molar-refractivity contribution < 1.29 is 19.4 Å². The number of rotatable bonds is 5. The van der Waals surface area contributed by atoms with Crippen molar-refractivity contribution in [1.82, 2.24) is 5.32 Å². The third kappa shape index (κ3) is 4.24. The van der Waals surface area contributed by atoms with Gasteiger partial charge in [-0.05, 0) is 23.3 Å². The number of benzene rings is 2. The molecule has 2 rings (SSSR count). The van der Waals surface area contributed by atoms with Gasteiger partial charge < -0.3 is 20.9 Å². The van der Waals surface area contributed by atoms with E-state index >= 15 is 0 Å². The molecule has 0 aliphatic heterocycles. The van der Waals surface area contributed by atoms with Gasteiger partial charge in [-0.1, -0.05) is 42.5 Å². The van der Waals surface area contributed by atoms with E-state index in [0.717, 1.165) is 5.56 Å². The summed E-state index contributed by atoms with van der Waals surface area (Å²) in [5.74, 6) is -0.773. The Morgan fingerprint density at radius 3 is 2.50 bits per heavy atom. The minimum absolute atomic E-state index is 0.0248. The Labute approximate surface area is 127 Å². The molecule has 1 unspecified atom stereocenters. The molecule has 0 saturated heterocycles. The van der Waals surface area contributed by atoms with Crippen LogP contribution < -0.4 is 11.1 Å². The number of phenolic OH excluding ortho intramolecular Hbond substituents is 1. The third-order valence-corrected chi connectivity index (χ3v) is 2.96. The average molecular weight is 300 g/mol. The highest BCUT2D eigenvalue weighted by Crippen LogP contribution is 2.18. The number of amides is 2. The SMILES string of the molecule is NC(=O)C(NC(=O)OCc1ccccc1)c1cccc(O)c1. The summed E-state index contributed by atoms with van der Waals surface area (Å²) in [4.78, 5) is 23.3. The van der Waals surface area contributed by atoms with Crippen molar-refractivity contribution in [3.8, 4) is 5.75 Å². The first-order chi connectivity index (χ1) is 10.6. The zero-order chi connectivity index (χ0) is 15.9. The van der Waals surface area contributed by atoms with Gasteiger partial charge in [0.1, 0.15) is 18.4 Å².